The van der Waals surface area contributed by atoms with Crippen LogP contribution in [0.1, 0.15) is 21.7 Å². The topological polar surface area (TPSA) is 46.4 Å². The van der Waals surface area contributed by atoms with Gasteiger partial charge in [0.05, 0.1) is 15.7 Å². The van der Waals surface area contributed by atoms with Gasteiger partial charge in [0.2, 0.25) is 0 Å². The zero-order valence-electron chi connectivity index (χ0n) is 12.1. The van der Waals surface area contributed by atoms with Crippen molar-refractivity contribution in [1.82, 2.24) is 14.7 Å². The van der Waals surface area contributed by atoms with Crippen LogP contribution in [0.25, 0.3) is 5.65 Å². The molecule has 0 saturated heterocycles. The number of nitrogens with zero attached hydrogens (tertiary/aromatic N) is 2. The SMILES string of the molecule is Cc1nc2c(Cl)cc(Cl)cn2c1C(=O)NCc1ccccc1F. The number of pyridine rings is 1. The average Bonchev–Trinajstić information content (AvgIpc) is 2.83. The number of halogens is 3. The summed E-state index contributed by atoms with van der Waals surface area (Å²) in [5.41, 5.74) is 1.69. The molecule has 1 aromatic carbocycles. The van der Waals surface area contributed by atoms with E-state index in [4.69, 9.17) is 23.2 Å². The van der Waals surface area contributed by atoms with Crippen molar-refractivity contribution < 1.29 is 9.18 Å². The number of rotatable bonds is 3. The number of hydrogen-bond donors (Lipinski definition) is 1. The molecule has 3 aromatic rings. The summed E-state index contributed by atoms with van der Waals surface area (Å²) in [6.07, 6.45) is 1.57. The number of fused-ring (bicyclic) bond motifs is 1. The Labute approximate surface area is 141 Å². The van der Waals surface area contributed by atoms with E-state index in [1.54, 1.807) is 37.4 Å². The van der Waals surface area contributed by atoms with Gasteiger partial charge in [0.15, 0.2) is 5.65 Å². The Hall–Kier alpha value is -2.11. The van der Waals surface area contributed by atoms with Gasteiger partial charge in [0, 0.05) is 18.3 Å². The highest BCUT2D eigenvalue weighted by atomic mass is 35.5. The molecule has 0 unspecified atom stereocenters. The van der Waals surface area contributed by atoms with Gasteiger partial charge in [-0.05, 0) is 19.1 Å². The second-order valence-electron chi connectivity index (χ2n) is 5.02. The maximum atomic E-state index is 13.6. The van der Waals surface area contributed by atoms with Gasteiger partial charge in [0.1, 0.15) is 11.5 Å². The smallest absolute Gasteiger partial charge is 0.270 e. The summed E-state index contributed by atoms with van der Waals surface area (Å²) in [5, 5.41) is 3.44. The minimum absolute atomic E-state index is 0.0759. The molecule has 4 nitrogen and oxygen atoms in total. The molecule has 0 aliphatic heterocycles. The first-order valence-corrected chi connectivity index (χ1v) is 7.58. The molecule has 1 N–H and O–H groups in total. The molecule has 0 radical (unpaired) electrons. The molecule has 7 heteroatoms. The van der Waals surface area contributed by atoms with Crippen LogP contribution in [-0.4, -0.2) is 15.3 Å². The van der Waals surface area contributed by atoms with E-state index in [0.717, 1.165) is 0 Å². The average molecular weight is 352 g/mol. The van der Waals surface area contributed by atoms with Gasteiger partial charge in [-0.15, -0.1) is 0 Å². The van der Waals surface area contributed by atoms with Gasteiger partial charge in [-0.2, -0.15) is 0 Å². The number of imidazole rings is 1. The van der Waals surface area contributed by atoms with E-state index < -0.39 is 0 Å². The van der Waals surface area contributed by atoms with E-state index in [1.165, 1.54) is 10.5 Å². The van der Waals surface area contributed by atoms with Gasteiger partial charge in [-0.1, -0.05) is 41.4 Å². The minimum Gasteiger partial charge on any atom is -0.347 e. The van der Waals surface area contributed by atoms with Crippen molar-refractivity contribution in [3.05, 3.63) is 69.3 Å². The first-order valence-electron chi connectivity index (χ1n) is 6.82. The highest BCUT2D eigenvalue weighted by molar-refractivity contribution is 6.36. The molecule has 0 atom stereocenters. The first kappa shape index (κ1) is 15.8. The molecule has 2 aromatic heterocycles. The predicted octanol–water partition coefficient (Wildman–Crippen LogP) is 4.02. The summed E-state index contributed by atoms with van der Waals surface area (Å²) >= 11 is 12.1. The first-order chi connectivity index (χ1) is 11.0. The fraction of sp³-hybridized carbons (Fsp3) is 0.125. The van der Waals surface area contributed by atoms with E-state index in [1.807, 2.05) is 0 Å². The monoisotopic (exact) mass is 351 g/mol. The van der Waals surface area contributed by atoms with Gasteiger partial charge in [0.25, 0.3) is 5.91 Å². The van der Waals surface area contributed by atoms with Crippen molar-refractivity contribution in [2.45, 2.75) is 13.5 Å². The van der Waals surface area contributed by atoms with Crippen molar-refractivity contribution >= 4 is 34.8 Å². The number of nitrogens with one attached hydrogen (secondary N) is 1. The van der Waals surface area contributed by atoms with Crippen molar-refractivity contribution in [2.75, 3.05) is 0 Å². The largest absolute Gasteiger partial charge is 0.347 e. The molecule has 0 saturated carbocycles. The lowest BCUT2D eigenvalue weighted by atomic mass is 10.2. The zero-order valence-corrected chi connectivity index (χ0v) is 13.6. The van der Waals surface area contributed by atoms with Crippen LogP contribution in [0.2, 0.25) is 10.0 Å². The van der Waals surface area contributed by atoms with Crippen LogP contribution in [0.3, 0.4) is 0 Å². The molecule has 23 heavy (non-hydrogen) atoms. The third-order valence-electron chi connectivity index (χ3n) is 3.43. The van der Waals surface area contributed by atoms with Crippen molar-refractivity contribution in [2.24, 2.45) is 0 Å². The molecular formula is C16H12Cl2FN3O. The summed E-state index contributed by atoms with van der Waals surface area (Å²) in [4.78, 5) is 16.8. The van der Waals surface area contributed by atoms with Gasteiger partial charge < -0.3 is 5.32 Å². The maximum absolute atomic E-state index is 13.6. The van der Waals surface area contributed by atoms with Crippen LogP contribution in [0.4, 0.5) is 4.39 Å². The number of benzene rings is 1. The number of aromatic nitrogens is 2. The van der Waals surface area contributed by atoms with E-state index >= 15 is 0 Å². The van der Waals surface area contributed by atoms with E-state index in [0.29, 0.717) is 32.6 Å². The Bertz CT molecular complexity index is 908. The standard InChI is InChI=1S/C16H12Cl2FN3O/c1-9-14(22-8-11(17)6-12(18)15(22)21-9)16(23)20-7-10-4-2-3-5-13(10)19/h2-6,8H,7H2,1H3,(H,20,23). The van der Waals surface area contributed by atoms with Crippen molar-refractivity contribution in [1.29, 1.82) is 0 Å². The fourth-order valence-electron chi connectivity index (χ4n) is 2.36. The summed E-state index contributed by atoms with van der Waals surface area (Å²) in [5.74, 6) is -0.745. The lowest BCUT2D eigenvalue weighted by Gasteiger charge is -2.07. The van der Waals surface area contributed by atoms with Gasteiger partial charge in [-0.25, -0.2) is 9.37 Å². The van der Waals surface area contributed by atoms with Crippen LogP contribution in [-0.2, 0) is 6.54 Å². The summed E-state index contributed by atoms with van der Waals surface area (Å²) in [7, 11) is 0. The Morgan fingerprint density at radius 2 is 2.09 bits per heavy atom. The van der Waals surface area contributed by atoms with Crippen LogP contribution < -0.4 is 5.32 Å². The molecule has 0 spiro atoms. The normalized spacial score (nSPS) is 11.0. The maximum Gasteiger partial charge on any atom is 0.270 e. The predicted molar refractivity (Wildman–Crippen MR) is 87.5 cm³/mol. The van der Waals surface area contributed by atoms with Crippen LogP contribution in [0, 0.1) is 12.7 Å². The summed E-state index contributed by atoms with van der Waals surface area (Å²) in [6, 6.07) is 7.83. The fourth-order valence-corrected chi connectivity index (χ4v) is 2.87. The summed E-state index contributed by atoms with van der Waals surface area (Å²) in [6.45, 7) is 1.78. The second kappa shape index (κ2) is 6.18. The van der Waals surface area contributed by atoms with Crippen molar-refractivity contribution in [3.8, 4) is 0 Å². The highest BCUT2D eigenvalue weighted by Gasteiger charge is 2.18. The van der Waals surface area contributed by atoms with Crippen molar-refractivity contribution in [3.63, 3.8) is 0 Å². The molecule has 2 heterocycles. The molecule has 0 bridgehead atoms. The number of hydrogen-bond acceptors (Lipinski definition) is 2. The number of amides is 1. The third kappa shape index (κ3) is 3.02. The van der Waals surface area contributed by atoms with E-state index in [-0.39, 0.29) is 18.3 Å². The Morgan fingerprint density at radius 3 is 2.83 bits per heavy atom. The Morgan fingerprint density at radius 1 is 1.35 bits per heavy atom. The summed E-state index contributed by atoms with van der Waals surface area (Å²) < 4.78 is 15.2. The highest BCUT2D eigenvalue weighted by Crippen LogP contribution is 2.24. The quantitative estimate of drug-likeness (QED) is 0.774. The molecule has 3 rings (SSSR count). The third-order valence-corrected chi connectivity index (χ3v) is 3.91. The number of carbonyl (C=O) groups is 1. The molecule has 0 aliphatic carbocycles. The van der Waals surface area contributed by atoms with E-state index in [9.17, 15) is 9.18 Å². The van der Waals surface area contributed by atoms with Crippen LogP contribution >= 0.6 is 23.2 Å². The number of carbonyl (C=O) groups excluding carboxylic acids is 1. The lowest BCUT2D eigenvalue weighted by Crippen LogP contribution is -2.25. The molecular weight excluding hydrogens is 340 g/mol. The van der Waals surface area contributed by atoms with Crippen LogP contribution in [0.15, 0.2) is 36.5 Å². The molecule has 0 fully saturated rings. The van der Waals surface area contributed by atoms with Gasteiger partial charge >= 0.3 is 0 Å². The van der Waals surface area contributed by atoms with Gasteiger partial charge in [-0.3, -0.25) is 9.20 Å². The molecule has 0 aliphatic rings. The molecule has 118 valence electrons. The second-order valence-corrected chi connectivity index (χ2v) is 5.86. The van der Waals surface area contributed by atoms with Crippen LogP contribution in [0.5, 0.6) is 0 Å². The Kier molecular flexibility index (Phi) is 4.24. The Balaban J connectivity index is 1.92. The molecule has 1 amide bonds. The minimum atomic E-state index is -0.378. The van der Waals surface area contributed by atoms with E-state index in [2.05, 4.69) is 10.3 Å². The number of aryl methyl sites for hydroxylation is 1. The zero-order chi connectivity index (χ0) is 16.6. The lowest BCUT2D eigenvalue weighted by molar-refractivity contribution is 0.0944.